The summed E-state index contributed by atoms with van der Waals surface area (Å²) in [5, 5.41) is 0. The highest BCUT2D eigenvalue weighted by Crippen LogP contribution is 2.26. The molecule has 0 N–H and O–H groups in total. The summed E-state index contributed by atoms with van der Waals surface area (Å²) in [6.07, 6.45) is 10.2. The van der Waals surface area contributed by atoms with Crippen LogP contribution in [0.3, 0.4) is 0 Å². The van der Waals surface area contributed by atoms with Crippen molar-refractivity contribution in [3.63, 3.8) is 0 Å². The van der Waals surface area contributed by atoms with Crippen LogP contribution in [0, 0.1) is 0 Å². The molecule has 0 aromatic rings. The van der Waals surface area contributed by atoms with Crippen LogP contribution in [0.5, 0.6) is 0 Å². The first-order valence-electron chi connectivity index (χ1n) is 11.7. The fraction of sp³-hybridized carbons (Fsp3) is 1.00. The van der Waals surface area contributed by atoms with Gasteiger partial charge in [-0.15, -0.1) is 0 Å². The monoisotopic (exact) mass is 652 g/mol. The fourth-order valence-corrected chi connectivity index (χ4v) is 5.68. The van der Waals surface area contributed by atoms with Gasteiger partial charge in [-0.05, 0) is 38.5 Å². The Bertz CT molecular complexity index is 458. The number of likely N-dealkylation sites (tertiary alicyclic amines) is 2. The third kappa shape index (κ3) is 7.92. The van der Waals surface area contributed by atoms with Gasteiger partial charge in [0.15, 0.2) is 12.6 Å². The van der Waals surface area contributed by atoms with E-state index < -0.39 is 0 Å². The van der Waals surface area contributed by atoms with Crippen LogP contribution >= 0.6 is 0 Å². The minimum atomic E-state index is -0.0840. The van der Waals surface area contributed by atoms with Gasteiger partial charge in [-0.2, -0.15) is 0 Å². The maximum absolute atomic E-state index is 6.20. The molecule has 4 aliphatic heterocycles. The molecule has 4 saturated heterocycles. The second-order valence-corrected chi connectivity index (χ2v) is 10.2. The molecule has 4 unspecified atom stereocenters. The number of hydrogen-bond acceptors (Lipinski definition) is 4. The molecule has 178 valence electrons. The Balaban J connectivity index is 0.00000160. The Morgan fingerprint density at radius 1 is 0.600 bits per heavy atom. The first-order valence-corrected chi connectivity index (χ1v) is 11.7. The first kappa shape index (κ1) is 27.5. The van der Waals surface area contributed by atoms with Gasteiger partial charge in [0.05, 0.1) is 53.5 Å². The van der Waals surface area contributed by atoms with Crippen molar-refractivity contribution in [1.29, 1.82) is 0 Å². The largest absolute Gasteiger partial charge is 1.00 e. The first-order chi connectivity index (χ1) is 13.5. The minimum Gasteiger partial charge on any atom is -1.00 e. The number of piperidine rings is 2. The van der Waals surface area contributed by atoms with Crippen LogP contribution in [0.4, 0.5) is 0 Å². The predicted molar refractivity (Wildman–Crippen MR) is 108 cm³/mol. The molecule has 4 atom stereocenters. The predicted octanol–water partition coefficient (Wildman–Crippen LogP) is -3.48. The molecule has 6 nitrogen and oxygen atoms in total. The lowest BCUT2D eigenvalue weighted by Crippen LogP contribution is -3.00. The van der Waals surface area contributed by atoms with E-state index in [0.29, 0.717) is 0 Å². The lowest BCUT2D eigenvalue weighted by Gasteiger charge is -2.39. The Labute approximate surface area is 217 Å². The molecule has 0 aromatic carbocycles. The van der Waals surface area contributed by atoms with E-state index in [-0.39, 0.29) is 72.7 Å². The summed E-state index contributed by atoms with van der Waals surface area (Å²) in [7, 11) is 4.75. The minimum absolute atomic E-state index is 0. The van der Waals surface area contributed by atoms with E-state index in [9.17, 15) is 0 Å². The maximum atomic E-state index is 6.20. The summed E-state index contributed by atoms with van der Waals surface area (Å²) in [5.41, 5.74) is 0. The van der Waals surface area contributed by atoms with Crippen LogP contribution < -0.4 is 48.0 Å². The summed E-state index contributed by atoms with van der Waals surface area (Å²) in [6, 6.07) is 0. The lowest BCUT2D eigenvalue weighted by atomic mass is 10.1. The standard InChI is InChI=1S/C22H42N2O4.2HI/c1-23(11-5-3-6-12-23)15-19-17-25-21(27-19)9-10-22-26-18-20(28-22)16-24(2)13-7-4-8-14-24;;/h19-22H,3-18H2,1-2H3;2*1H/q+2;;/p-2. The van der Waals surface area contributed by atoms with Gasteiger partial charge in [0.25, 0.3) is 0 Å². The summed E-state index contributed by atoms with van der Waals surface area (Å²) >= 11 is 0. The van der Waals surface area contributed by atoms with Gasteiger partial charge in [0.1, 0.15) is 25.3 Å². The second kappa shape index (κ2) is 12.6. The number of hydrogen-bond donors (Lipinski definition) is 0. The van der Waals surface area contributed by atoms with Crippen molar-refractivity contribution < 1.29 is 75.9 Å². The van der Waals surface area contributed by atoms with Crippen LogP contribution in [0.15, 0.2) is 0 Å². The second-order valence-electron chi connectivity index (χ2n) is 10.2. The Hall–Kier alpha value is 1.22. The molecular weight excluding hydrogens is 610 g/mol. The van der Waals surface area contributed by atoms with E-state index in [1.54, 1.807) is 0 Å². The summed E-state index contributed by atoms with van der Waals surface area (Å²) < 4.78 is 26.6. The van der Waals surface area contributed by atoms with Crippen LogP contribution in [-0.2, 0) is 18.9 Å². The fourth-order valence-electron chi connectivity index (χ4n) is 5.68. The zero-order valence-electron chi connectivity index (χ0n) is 18.9. The molecule has 4 fully saturated rings. The van der Waals surface area contributed by atoms with E-state index in [0.717, 1.165) is 48.1 Å². The van der Waals surface area contributed by atoms with Crippen molar-refractivity contribution in [1.82, 2.24) is 0 Å². The smallest absolute Gasteiger partial charge is 0.158 e. The zero-order chi connectivity index (χ0) is 19.5. The topological polar surface area (TPSA) is 36.9 Å². The number of halogens is 2. The van der Waals surface area contributed by atoms with E-state index in [4.69, 9.17) is 18.9 Å². The zero-order valence-corrected chi connectivity index (χ0v) is 23.2. The van der Waals surface area contributed by atoms with Crippen molar-refractivity contribution >= 4 is 0 Å². The van der Waals surface area contributed by atoms with Gasteiger partial charge >= 0.3 is 0 Å². The highest BCUT2D eigenvalue weighted by Gasteiger charge is 2.37. The molecule has 4 rings (SSSR count). The summed E-state index contributed by atoms with van der Waals surface area (Å²) in [4.78, 5) is 0. The van der Waals surface area contributed by atoms with Gasteiger partial charge in [-0.3, -0.25) is 0 Å². The average molecular weight is 652 g/mol. The van der Waals surface area contributed by atoms with E-state index in [2.05, 4.69) is 14.1 Å². The SMILES string of the molecule is C[N+]1(CC2COC(CCC3OCC(C[N+]4(C)CCCCC4)O3)O2)CCCCC1.[I-].[I-]. The average Bonchev–Trinajstić information content (AvgIpc) is 3.29. The van der Waals surface area contributed by atoms with Crippen molar-refractivity contribution in [3.8, 4) is 0 Å². The highest BCUT2D eigenvalue weighted by atomic mass is 127. The maximum Gasteiger partial charge on any atom is 0.158 e. The molecule has 30 heavy (non-hydrogen) atoms. The van der Waals surface area contributed by atoms with Crippen molar-refractivity contribution in [2.75, 3.05) is 66.6 Å². The number of rotatable bonds is 7. The van der Waals surface area contributed by atoms with Crippen molar-refractivity contribution in [3.05, 3.63) is 0 Å². The summed E-state index contributed by atoms with van der Waals surface area (Å²) in [5.74, 6) is 0. The number of ether oxygens (including phenoxy) is 4. The molecule has 0 aliphatic carbocycles. The van der Waals surface area contributed by atoms with Gasteiger partial charge < -0.3 is 75.9 Å². The third-order valence-electron chi connectivity index (χ3n) is 7.34. The summed E-state index contributed by atoms with van der Waals surface area (Å²) in [6.45, 7) is 8.80. The highest BCUT2D eigenvalue weighted by molar-refractivity contribution is 4.70. The molecule has 4 heterocycles. The molecule has 0 saturated carbocycles. The molecule has 0 spiro atoms. The van der Waals surface area contributed by atoms with E-state index in [1.165, 1.54) is 64.7 Å². The van der Waals surface area contributed by atoms with Crippen LogP contribution in [0.1, 0.15) is 51.4 Å². The number of likely N-dealkylation sites (N-methyl/N-ethyl adjacent to an activating group) is 2. The number of nitrogens with zero attached hydrogens (tertiary/aromatic N) is 2. The van der Waals surface area contributed by atoms with Gasteiger partial charge in [-0.25, -0.2) is 0 Å². The Morgan fingerprint density at radius 2 is 0.967 bits per heavy atom. The van der Waals surface area contributed by atoms with Crippen LogP contribution in [0.2, 0.25) is 0 Å². The molecular formula is C22H42I2N2O4. The normalized spacial score (nSPS) is 35.4. The number of quaternary nitrogens is 2. The van der Waals surface area contributed by atoms with Gasteiger partial charge in [0.2, 0.25) is 0 Å². The van der Waals surface area contributed by atoms with Gasteiger partial charge in [0, 0.05) is 12.8 Å². The molecule has 0 bridgehead atoms. The quantitative estimate of drug-likeness (QED) is 0.212. The molecule has 0 radical (unpaired) electrons. The molecule has 0 amide bonds. The van der Waals surface area contributed by atoms with E-state index >= 15 is 0 Å². The third-order valence-corrected chi connectivity index (χ3v) is 7.34. The Morgan fingerprint density at radius 3 is 1.33 bits per heavy atom. The molecule has 0 aromatic heterocycles. The van der Waals surface area contributed by atoms with Crippen molar-refractivity contribution in [2.45, 2.75) is 76.2 Å². The van der Waals surface area contributed by atoms with Crippen LogP contribution in [0.25, 0.3) is 0 Å². The lowest BCUT2D eigenvalue weighted by molar-refractivity contribution is -0.916. The van der Waals surface area contributed by atoms with E-state index in [1.807, 2.05) is 0 Å². The Kier molecular flexibility index (Phi) is 11.6. The van der Waals surface area contributed by atoms with Crippen LogP contribution in [-0.4, -0.2) is 100 Å². The van der Waals surface area contributed by atoms with Gasteiger partial charge in [-0.1, -0.05) is 0 Å². The molecule has 8 heteroatoms. The van der Waals surface area contributed by atoms with Crippen molar-refractivity contribution in [2.24, 2.45) is 0 Å². The molecule has 4 aliphatic rings.